The van der Waals surface area contributed by atoms with Gasteiger partial charge in [0, 0.05) is 56.3 Å². The number of benzene rings is 2. The molecule has 12 heteroatoms. The van der Waals surface area contributed by atoms with Crippen molar-refractivity contribution in [3.05, 3.63) is 84.4 Å². The molecule has 0 saturated heterocycles. The highest BCUT2D eigenvalue weighted by Crippen LogP contribution is 2.31. The van der Waals surface area contributed by atoms with Gasteiger partial charge in [0.2, 0.25) is 0 Å². The molecule has 2 aliphatic rings. The van der Waals surface area contributed by atoms with Gasteiger partial charge in [0.25, 0.3) is 12.0 Å². The number of pyridine rings is 2. The predicted octanol–water partition coefficient (Wildman–Crippen LogP) is 8.97. The Bertz CT molecular complexity index is 1890. The Morgan fingerprint density at radius 3 is 1.56 bits per heavy atom. The van der Waals surface area contributed by atoms with E-state index in [4.69, 9.17) is 29.1 Å². The van der Waals surface area contributed by atoms with Gasteiger partial charge in [-0.25, -0.2) is 0 Å². The van der Waals surface area contributed by atoms with Gasteiger partial charge in [0.05, 0.1) is 18.0 Å². The minimum absolute atomic E-state index is 0.117. The Balaban J connectivity index is 0.000000162. The second-order valence-corrected chi connectivity index (χ2v) is 13.6. The van der Waals surface area contributed by atoms with Gasteiger partial charge in [-0.2, -0.15) is 9.97 Å². The topological polar surface area (TPSA) is 167 Å². The van der Waals surface area contributed by atoms with E-state index >= 15 is 0 Å². The molecule has 0 amide bonds. The number of aliphatic hydroxyl groups excluding tert-OH is 1. The summed E-state index contributed by atoms with van der Waals surface area (Å²) in [5.74, 6) is 4.11. The number of anilines is 2. The van der Waals surface area contributed by atoms with Crippen LogP contribution in [-0.2, 0) is 13.2 Å². The van der Waals surface area contributed by atoms with Gasteiger partial charge in [0.15, 0.2) is 11.2 Å². The Morgan fingerprint density at radius 2 is 1.08 bits per heavy atom. The average Bonchev–Trinajstić information content (AvgIpc) is 3.80. The Hall–Kier alpha value is -5.20. The van der Waals surface area contributed by atoms with Crippen molar-refractivity contribution in [1.29, 1.82) is 0 Å². The lowest BCUT2D eigenvalue weighted by Crippen LogP contribution is -2.17. The van der Waals surface area contributed by atoms with Crippen LogP contribution in [0.3, 0.4) is 0 Å². The molecule has 5 N–H and O–H groups in total. The van der Waals surface area contributed by atoms with E-state index in [-0.39, 0.29) is 6.61 Å². The molecule has 0 spiro atoms. The first-order valence-electron chi connectivity index (χ1n) is 18.5. The number of hydrogen-bond donors (Lipinski definition) is 4. The van der Waals surface area contributed by atoms with Crippen LogP contribution in [0.15, 0.2) is 81.9 Å². The quantitative estimate of drug-likeness (QED) is 0.0956. The zero-order valence-corrected chi connectivity index (χ0v) is 29.4. The molecule has 2 fully saturated rings. The first-order valence-corrected chi connectivity index (χ1v) is 18.5. The van der Waals surface area contributed by atoms with Gasteiger partial charge >= 0.3 is 0 Å². The molecule has 0 aliphatic heterocycles. The van der Waals surface area contributed by atoms with Crippen LogP contribution >= 0.6 is 0 Å². The second kappa shape index (κ2) is 17.3. The van der Waals surface area contributed by atoms with Crippen molar-refractivity contribution in [3.63, 3.8) is 0 Å². The van der Waals surface area contributed by atoms with Gasteiger partial charge in [-0.15, -0.1) is 0 Å². The van der Waals surface area contributed by atoms with Crippen molar-refractivity contribution in [2.75, 3.05) is 23.7 Å². The standard InChI is InChI=1S/C20H24N4O2.C20H23N3O3/c21-12-15-10-17(8-9-22-15)25-16-6-7-18-19(11-16)26-20(24-18)23-13-14-4-2-1-3-5-14;24-13-15-10-17(8-9-21-15)25-16-6-7-18-19(11-16)26-20(23-18)22-12-14-4-2-1-3-5-14/h6-11,14H,1-5,12-13,21H2,(H,23,24);6-11,14,24H,1-5,12-13H2,(H,22,23). The number of ether oxygens (including phenoxy) is 2. The van der Waals surface area contributed by atoms with Crippen molar-refractivity contribution in [2.45, 2.75) is 77.4 Å². The number of hydrogen-bond acceptors (Lipinski definition) is 12. The fourth-order valence-electron chi connectivity index (χ4n) is 6.84. The van der Waals surface area contributed by atoms with E-state index in [9.17, 15) is 0 Å². The van der Waals surface area contributed by atoms with Crippen molar-refractivity contribution in [2.24, 2.45) is 17.6 Å². The van der Waals surface area contributed by atoms with Crippen LogP contribution < -0.4 is 25.8 Å². The lowest BCUT2D eigenvalue weighted by atomic mass is 9.89. The van der Waals surface area contributed by atoms with Gasteiger partial charge in [-0.1, -0.05) is 38.5 Å². The van der Waals surface area contributed by atoms with Crippen molar-refractivity contribution in [3.8, 4) is 23.0 Å². The highest BCUT2D eigenvalue weighted by atomic mass is 16.5. The Kier molecular flexibility index (Phi) is 11.7. The predicted molar refractivity (Wildman–Crippen MR) is 201 cm³/mol. The zero-order valence-electron chi connectivity index (χ0n) is 29.4. The maximum absolute atomic E-state index is 9.17. The van der Waals surface area contributed by atoms with E-state index in [1.807, 2.05) is 42.5 Å². The molecule has 0 unspecified atom stereocenters. The number of nitrogens with one attached hydrogen (secondary N) is 2. The van der Waals surface area contributed by atoms with Crippen LogP contribution in [0.25, 0.3) is 22.2 Å². The van der Waals surface area contributed by atoms with Crippen LogP contribution in [0, 0.1) is 11.8 Å². The SMILES string of the molecule is NCc1cc(Oc2ccc3nc(NCC4CCCCC4)oc3c2)ccn1.OCc1cc(Oc2ccc3nc(NCC4CCCCC4)oc3c2)ccn1. The maximum Gasteiger partial charge on any atom is 0.295 e. The smallest absolute Gasteiger partial charge is 0.295 e. The van der Waals surface area contributed by atoms with Crippen LogP contribution in [0.1, 0.15) is 75.6 Å². The third-order valence-electron chi connectivity index (χ3n) is 9.67. The average molecular weight is 706 g/mol. The number of aromatic nitrogens is 4. The van der Waals surface area contributed by atoms with Crippen molar-refractivity contribution in [1.82, 2.24) is 19.9 Å². The lowest BCUT2D eigenvalue weighted by molar-refractivity contribution is 0.276. The van der Waals surface area contributed by atoms with Crippen LogP contribution in [0.5, 0.6) is 23.0 Å². The van der Waals surface area contributed by atoms with Crippen LogP contribution in [0.4, 0.5) is 12.0 Å². The van der Waals surface area contributed by atoms with E-state index in [0.717, 1.165) is 35.7 Å². The van der Waals surface area contributed by atoms with Gasteiger partial charge < -0.3 is 39.8 Å². The third-order valence-corrected chi connectivity index (χ3v) is 9.67. The first-order chi connectivity index (χ1) is 25.6. The number of fused-ring (bicyclic) bond motifs is 2. The minimum atomic E-state index is -0.117. The summed E-state index contributed by atoms with van der Waals surface area (Å²) in [6.07, 6.45) is 16.5. The molecule has 2 aliphatic carbocycles. The highest BCUT2D eigenvalue weighted by Gasteiger charge is 2.16. The summed E-state index contributed by atoms with van der Waals surface area (Å²) in [5, 5.41) is 15.8. The fraction of sp³-hybridized carbons (Fsp3) is 0.400. The summed E-state index contributed by atoms with van der Waals surface area (Å²) < 4.78 is 23.4. The first kappa shape index (κ1) is 35.2. The third kappa shape index (κ3) is 9.56. The molecule has 0 atom stereocenters. The number of nitrogens with two attached hydrogens (primary N) is 1. The molecule has 52 heavy (non-hydrogen) atoms. The number of nitrogens with zero attached hydrogens (tertiary/aromatic N) is 4. The van der Waals surface area contributed by atoms with E-state index in [2.05, 4.69) is 30.6 Å². The molecule has 0 radical (unpaired) electrons. The molecule has 6 aromatic rings. The number of aliphatic hydroxyl groups is 1. The molecule has 2 saturated carbocycles. The zero-order chi connectivity index (χ0) is 35.5. The summed E-state index contributed by atoms with van der Waals surface area (Å²) >= 11 is 0. The maximum atomic E-state index is 9.17. The number of oxazole rings is 2. The lowest BCUT2D eigenvalue weighted by Gasteiger charge is -2.21. The largest absolute Gasteiger partial charge is 0.457 e. The van der Waals surface area contributed by atoms with E-state index in [0.29, 0.717) is 64.3 Å². The summed E-state index contributed by atoms with van der Waals surface area (Å²) in [6.45, 7) is 2.11. The molecule has 2 aromatic carbocycles. The molecule has 12 nitrogen and oxygen atoms in total. The fourth-order valence-corrected chi connectivity index (χ4v) is 6.84. The highest BCUT2D eigenvalue weighted by molar-refractivity contribution is 5.77. The summed E-state index contributed by atoms with van der Waals surface area (Å²) in [6, 6.07) is 19.5. The van der Waals surface area contributed by atoms with Crippen molar-refractivity contribution < 1.29 is 23.4 Å². The molecule has 4 heterocycles. The summed E-state index contributed by atoms with van der Waals surface area (Å²) in [4.78, 5) is 17.2. The van der Waals surface area contributed by atoms with Crippen molar-refractivity contribution >= 4 is 34.2 Å². The number of rotatable bonds is 12. The Labute approximate surface area is 303 Å². The molecular formula is C40H47N7O5. The molecular weight excluding hydrogens is 658 g/mol. The summed E-state index contributed by atoms with van der Waals surface area (Å²) in [5.41, 5.74) is 10.00. The minimum Gasteiger partial charge on any atom is -0.457 e. The molecule has 4 aromatic heterocycles. The summed E-state index contributed by atoms with van der Waals surface area (Å²) in [7, 11) is 0. The van der Waals surface area contributed by atoms with E-state index in [1.165, 1.54) is 64.2 Å². The van der Waals surface area contributed by atoms with Gasteiger partial charge in [-0.05, 0) is 73.9 Å². The van der Waals surface area contributed by atoms with E-state index < -0.39 is 0 Å². The second-order valence-electron chi connectivity index (χ2n) is 13.6. The van der Waals surface area contributed by atoms with Gasteiger partial charge in [0.1, 0.15) is 34.0 Å². The Morgan fingerprint density at radius 1 is 0.615 bits per heavy atom. The monoisotopic (exact) mass is 705 g/mol. The molecule has 0 bridgehead atoms. The molecule has 8 rings (SSSR count). The van der Waals surface area contributed by atoms with E-state index in [1.54, 1.807) is 30.6 Å². The van der Waals surface area contributed by atoms with Crippen LogP contribution in [0.2, 0.25) is 0 Å². The van der Waals surface area contributed by atoms with Gasteiger partial charge in [-0.3, -0.25) is 9.97 Å². The van der Waals surface area contributed by atoms with Crippen LogP contribution in [-0.4, -0.2) is 38.1 Å². The molecule has 272 valence electrons. The normalized spacial score (nSPS) is 15.3.